The van der Waals surface area contributed by atoms with Crippen LogP contribution in [0.1, 0.15) is 49.3 Å². The Bertz CT molecular complexity index is 532. The van der Waals surface area contributed by atoms with E-state index in [1.807, 2.05) is 12.1 Å². The molecule has 0 aromatic heterocycles. The van der Waals surface area contributed by atoms with Crippen LogP contribution >= 0.6 is 11.6 Å². The predicted octanol–water partition coefficient (Wildman–Crippen LogP) is 3.90. The van der Waals surface area contributed by atoms with Crippen LogP contribution in [0.25, 0.3) is 0 Å². The Hall–Kier alpha value is -1.06. The van der Waals surface area contributed by atoms with Gasteiger partial charge in [0.1, 0.15) is 0 Å². The molecule has 4 heteroatoms. The van der Waals surface area contributed by atoms with E-state index in [0.29, 0.717) is 18.4 Å². The van der Waals surface area contributed by atoms with Crippen LogP contribution in [0.4, 0.5) is 0 Å². The number of piperidine rings is 1. The molecule has 1 fully saturated rings. The number of carboxylic acids is 1. The number of likely N-dealkylation sites (tertiary alicyclic amines) is 1. The summed E-state index contributed by atoms with van der Waals surface area (Å²) in [6, 6.07) is 6.71. The summed E-state index contributed by atoms with van der Waals surface area (Å²) in [5, 5.41) is 9.75. The van der Waals surface area contributed by atoms with E-state index in [4.69, 9.17) is 16.7 Å². The van der Waals surface area contributed by atoms with Gasteiger partial charge in [0.15, 0.2) is 0 Å². The lowest BCUT2D eigenvalue weighted by molar-refractivity contribution is -0.137. The molecule has 2 unspecified atom stereocenters. The van der Waals surface area contributed by atoms with Gasteiger partial charge in [-0.05, 0) is 61.8 Å². The molecule has 1 aromatic carbocycles. The van der Waals surface area contributed by atoms with Gasteiger partial charge in [-0.2, -0.15) is 0 Å². The zero-order valence-corrected chi connectivity index (χ0v) is 13.0. The largest absolute Gasteiger partial charge is 0.481 e. The number of benzene rings is 1. The van der Waals surface area contributed by atoms with Crippen LogP contribution in [0.15, 0.2) is 18.2 Å². The lowest BCUT2D eigenvalue weighted by atomic mass is 9.91. The van der Waals surface area contributed by atoms with Crippen LogP contribution < -0.4 is 0 Å². The fourth-order valence-corrected chi connectivity index (χ4v) is 4.19. The van der Waals surface area contributed by atoms with E-state index in [1.54, 1.807) is 0 Å². The van der Waals surface area contributed by atoms with E-state index in [2.05, 4.69) is 11.0 Å². The molecule has 0 radical (unpaired) electrons. The van der Waals surface area contributed by atoms with Crippen LogP contribution in [0.3, 0.4) is 0 Å². The standard InChI is InChI=1S/C17H22ClNO2/c18-15-5-1-4-14-13(15)7-8-16(14)19-10-2-3-12(11-19)6-9-17(20)21/h1,4-5,12,16H,2-3,6-11H2,(H,20,21). The first-order valence-corrected chi connectivity index (χ1v) is 8.26. The molecule has 2 aliphatic rings. The number of rotatable bonds is 4. The Morgan fingerprint density at radius 1 is 1.38 bits per heavy atom. The van der Waals surface area contributed by atoms with Crippen LogP contribution in [-0.4, -0.2) is 29.1 Å². The van der Waals surface area contributed by atoms with Gasteiger partial charge >= 0.3 is 5.97 Å². The maximum absolute atomic E-state index is 10.8. The fraction of sp³-hybridized carbons (Fsp3) is 0.588. The maximum atomic E-state index is 10.8. The Labute approximate surface area is 130 Å². The summed E-state index contributed by atoms with van der Waals surface area (Å²) in [5.74, 6) is -0.150. The lowest BCUT2D eigenvalue weighted by Gasteiger charge is -2.37. The molecule has 114 valence electrons. The van der Waals surface area contributed by atoms with Gasteiger partial charge in [0.25, 0.3) is 0 Å². The van der Waals surface area contributed by atoms with Crippen molar-refractivity contribution in [2.45, 2.75) is 44.6 Å². The molecule has 0 spiro atoms. The highest BCUT2D eigenvalue weighted by Gasteiger charge is 2.32. The molecule has 0 amide bonds. The van der Waals surface area contributed by atoms with Crippen molar-refractivity contribution < 1.29 is 9.90 Å². The Morgan fingerprint density at radius 3 is 3.05 bits per heavy atom. The van der Waals surface area contributed by atoms with Crippen LogP contribution in [-0.2, 0) is 11.2 Å². The van der Waals surface area contributed by atoms with Crippen molar-refractivity contribution in [3.8, 4) is 0 Å². The van der Waals surface area contributed by atoms with Crippen molar-refractivity contribution >= 4 is 17.6 Å². The third kappa shape index (κ3) is 3.24. The highest BCUT2D eigenvalue weighted by Crippen LogP contribution is 2.40. The summed E-state index contributed by atoms with van der Waals surface area (Å²) < 4.78 is 0. The number of carbonyl (C=O) groups is 1. The minimum Gasteiger partial charge on any atom is -0.481 e. The molecular weight excluding hydrogens is 286 g/mol. The van der Waals surface area contributed by atoms with Crippen LogP contribution in [0.5, 0.6) is 0 Å². The quantitative estimate of drug-likeness (QED) is 0.917. The summed E-state index contributed by atoms with van der Waals surface area (Å²) >= 11 is 6.30. The third-order valence-electron chi connectivity index (χ3n) is 4.94. The van der Waals surface area contributed by atoms with E-state index in [-0.39, 0.29) is 0 Å². The van der Waals surface area contributed by atoms with Gasteiger partial charge in [0, 0.05) is 24.0 Å². The van der Waals surface area contributed by atoms with E-state index in [0.717, 1.165) is 37.4 Å². The highest BCUT2D eigenvalue weighted by molar-refractivity contribution is 6.31. The van der Waals surface area contributed by atoms with Gasteiger partial charge < -0.3 is 5.11 Å². The molecule has 0 bridgehead atoms. The lowest BCUT2D eigenvalue weighted by Crippen LogP contribution is -2.37. The Morgan fingerprint density at radius 2 is 2.24 bits per heavy atom. The number of aliphatic carboxylic acids is 1. The summed E-state index contributed by atoms with van der Waals surface area (Å²) in [6.07, 6.45) is 5.66. The molecule has 3 rings (SSSR count). The Kier molecular flexibility index (Phi) is 4.51. The van der Waals surface area contributed by atoms with Crippen LogP contribution in [0, 0.1) is 5.92 Å². The molecule has 3 nitrogen and oxygen atoms in total. The SMILES string of the molecule is O=C(O)CCC1CCCN(C2CCc3c(Cl)cccc32)C1. The first-order valence-electron chi connectivity index (χ1n) is 7.88. The van der Waals surface area contributed by atoms with Gasteiger partial charge in [-0.15, -0.1) is 0 Å². The minimum atomic E-state index is -0.676. The van der Waals surface area contributed by atoms with E-state index in [9.17, 15) is 4.79 Å². The molecule has 1 aromatic rings. The number of carboxylic acid groups (broad SMARTS) is 1. The second kappa shape index (κ2) is 6.37. The van der Waals surface area contributed by atoms with E-state index < -0.39 is 5.97 Å². The maximum Gasteiger partial charge on any atom is 0.303 e. The highest BCUT2D eigenvalue weighted by atomic mass is 35.5. The normalized spacial score (nSPS) is 25.8. The predicted molar refractivity (Wildman–Crippen MR) is 83.7 cm³/mol. The number of halogens is 1. The summed E-state index contributed by atoms with van der Waals surface area (Å²) in [7, 11) is 0. The molecule has 21 heavy (non-hydrogen) atoms. The summed E-state index contributed by atoms with van der Waals surface area (Å²) in [6.45, 7) is 2.16. The molecular formula is C17H22ClNO2. The second-order valence-corrected chi connectivity index (χ2v) is 6.70. The van der Waals surface area contributed by atoms with Gasteiger partial charge in [0.2, 0.25) is 0 Å². The van der Waals surface area contributed by atoms with E-state index in [1.165, 1.54) is 24.0 Å². The number of hydrogen-bond donors (Lipinski definition) is 1. The molecule has 1 N–H and O–H groups in total. The molecule has 1 saturated heterocycles. The van der Waals surface area contributed by atoms with Gasteiger partial charge in [-0.3, -0.25) is 9.69 Å². The first-order chi connectivity index (χ1) is 10.1. The van der Waals surface area contributed by atoms with Crippen molar-refractivity contribution in [2.24, 2.45) is 5.92 Å². The van der Waals surface area contributed by atoms with E-state index >= 15 is 0 Å². The second-order valence-electron chi connectivity index (χ2n) is 6.30. The van der Waals surface area contributed by atoms with Crippen molar-refractivity contribution in [1.82, 2.24) is 4.90 Å². The van der Waals surface area contributed by atoms with Crippen LogP contribution in [0.2, 0.25) is 5.02 Å². The number of nitrogens with zero attached hydrogens (tertiary/aromatic N) is 1. The third-order valence-corrected chi connectivity index (χ3v) is 5.29. The number of hydrogen-bond acceptors (Lipinski definition) is 2. The van der Waals surface area contributed by atoms with Gasteiger partial charge in [0.05, 0.1) is 0 Å². The smallest absolute Gasteiger partial charge is 0.303 e. The first kappa shape index (κ1) is 14.9. The topological polar surface area (TPSA) is 40.5 Å². The van der Waals surface area contributed by atoms with Gasteiger partial charge in [-0.25, -0.2) is 0 Å². The molecule has 0 saturated carbocycles. The monoisotopic (exact) mass is 307 g/mol. The summed E-state index contributed by atoms with van der Waals surface area (Å²) in [4.78, 5) is 13.3. The van der Waals surface area contributed by atoms with Crippen molar-refractivity contribution in [3.63, 3.8) is 0 Å². The molecule has 1 heterocycles. The summed E-state index contributed by atoms with van der Waals surface area (Å²) in [5.41, 5.74) is 2.71. The molecule has 1 aliphatic carbocycles. The van der Waals surface area contributed by atoms with Crippen molar-refractivity contribution in [2.75, 3.05) is 13.1 Å². The van der Waals surface area contributed by atoms with Crippen molar-refractivity contribution in [1.29, 1.82) is 0 Å². The Balaban J connectivity index is 1.68. The fourth-order valence-electron chi connectivity index (χ4n) is 3.91. The zero-order valence-electron chi connectivity index (χ0n) is 12.2. The molecule has 1 aliphatic heterocycles. The molecule has 2 atom stereocenters. The average molecular weight is 308 g/mol. The number of fused-ring (bicyclic) bond motifs is 1. The van der Waals surface area contributed by atoms with Crippen molar-refractivity contribution in [3.05, 3.63) is 34.3 Å². The average Bonchev–Trinajstić information content (AvgIpc) is 2.91. The minimum absolute atomic E-state index is 0.297. The van der Waals surface area contributed by atoms with Gasteiger partial charge in [-0.1, -0.05) is 23.7 Å². The zero-order chi connectivity index (χ0) is 14.8.